The van der Waals surface area contributed by atoms with Crippen molar-refractivity contribution in [1.82, 2.24) is 4.98 Å². The van der Waals surface area contributed by atoms with Gasteiger partial charge in [0, 0.05) is 10.9 Å². The quantitative estimate of drug-likeness (QED) is 0.752. The summed E-state index contributed by atoms with van der Waals surface area (Å²) in [5.74, 6) is 0.507. The number of nitrogens with two attached hydrogens (primary N) is 1. The zero-order valence-corrected chi connectivity index (χ0v) is 8.88. The van der Waals surface area contributed by atoms with Crippen molar-refractivity contribution in [3.8, 4) is 0 Å². The smallest absolute Gasteiger partial charge is 0.252 e. The number of aryl methyl sites for hydroxylation is 1. The van der Waals surface area contributed by atoms with Crippen molar-refractivity contribution in [3.63, 3.8) is 0 Å². The number of rotatable bonds is 1. The molecule has 0 amide bonds. The first-order valence-corrected chi connectivity index (χ1v) is 4.82. The number of benzene rings is 1. The molecule has 2 N–H and O–H groups in total. The molecule has 2 rings (SSSR count). The lowest BCUT2D eigenvalue weighted by Crippen LogP contribution is -1.95. The number of hydrogen-bond donors (Lipinski definition) is 1. The van der Waals surface area contributed by atoms with Crippen LogP contribution >= 0.6 is 11.6 Å². The maximum Gasteiger partial charge on any atom is 0.252 e. The van der Waals surface area contributed by atoms with E-state index in [1.165, 1.54) is 0 Å². The normalized spacial score (nSPS) is 10.5. The highest BCUT2D eigenvalue weighted by molar-refractivity contribution is 6.67. The summed E-state index contributed by atoms with van der Waals surface area (Å²) in [7, 11) is 0. The van der Waals surface area contributed by atoms with E-state index in [0.717, 1.165) is 16.5 Å². The lowest BCUT2D eigenvalue weighted by atomic mass is 10.1. The zero-order valence-electron chi connectivity index (χ0n) is 8.12. The van der Waals surface area contributed by atoms with E-state index in [0.29, 0.717) is 11.4 Å². The first kappa shape index (κ1) is 9.93. The summed E-state index contributed by atoms with van der Waals surface area (Å²) in [4.78, 5) is 15.2. The number of carbonyl (C=O) groups is 1. The highest BCUT2D eigenvalue weighted by atomic mass is 35.5. The molecule has 0 radical (unpaired) electrons. The van der Waals surface area contributed by atoms with Crippen LogP contribution in [0.4, 0.5) is 5.82 Å². The van der Waals surface area contributed by atoms with Gasteiger partial charge < -0.3 is 5.73 Å². The summed E-state index contributed by atoms with van der Waals surface area (Å²) in [6.07, 6.45) is 0. The number of nitrogens with zero attached hydrogens (tertiary/aromatic N) is 1. The zero-order chi connectivity index (χ0) is 11.0. The van der Waals surface area contributed by atoms with E-state index in [1.54, 1.807) is 18.2 Å². The van der Waals surface area contributed by atoms with E-state index in [9.17, 15) is 4.79 Å². The third kappa shape index (κ3) is 1.78. The first-order valence-electron chi connectivity index (χ1n) is 4.44. The summed E-state index contributed by atoms with van der Waals surface area (Å²) in [6.45, 7) is 1.87. The number of nitrogen functional groups attached to an aromatic ring is 1. The fraction of sp³-hybridized carbons (Fsp3) is 0.0909. The standard InChI is InChI=1S/C11H9ClN2O/c1-6-4-8-5-7(10(12)15)2-3-9(8)14-11(6)13/h2-5H,1H3,(H2,13,14). The number of pyridine rings is 1. The van der Waals surface area contributed by atoms with E-state index in [1.807, 2.05) is 13.0 Å². The summed E-state index contributed by atoms with van der Waals surface area (Å²) in [5.41, 5.74) is 7.80. The molecule has 0 spiro atoms. The number of anilines is 1. The summed E-state index contributed by atoms with van der Waals surface area (Å²) < 4.78 is 0. The molecule has 0 unspecified atom stereocenters. The predicted molar refractivity (Wildman–Crippen MR) is 61.1 cm³/mol. The Kier molecular flexibility index (Phi) is 2.32. The highest BCUT2D eigenvalue weighted by Crippen LogP contribution is 2.19. The average molecular weight is 221 g/mol. The minimum absolute atomic E-state index is 0.466. The number of halogens is 1. The number of fused-ring (bicyclic) bond motifs is 1. The SMILES string of the molecule is Cc1cc2cc(C(=O)Cl)ccc2nc1N. The number of carbonyl (C=O) groups excluding carboxylic acids is 1. The van der Waals surface area contributed by atoms with Gasteiger partial charge in [0.1, 0.15) is 5.82 Å². The van der Waals surface area contributed by atoms with Crippen LogP contribution in [0.5, 0.6) is 0 Å². The number of aromatic nitrogens is 1. The molecule has 0 saturated carbocycles. The average Bonchev–Trinajstić information content (AvgIpc) is 2.19. The third-order valence-corrected chi connectivity index (χ3v) is 2.49. The van der Waals surface area contributed by atoms with Crippen LogP contribution in [0.15, 0.2) is 24.3 Å². The molecule has 0 fully saturated rings. The lowest BCUT2D eigenvalue weighted by molar-refractivity contribution is 0.108. The van der Waals surface area contributed by atoms with Gasteiger partial charge in [-0.25, -0.2) is 4.98 Å². The van der Waals surface area contributed by atoms with Gasteiger partial charge >= 0.3 is 0 Å². The molecule has 76 valence electrons. The Balaban J connectivity index is 2.72. The minimum Gasteiger partial charge on any atom is -0.383 e. The summed E-state index contributed by atoms with van der Waals surface area (Å²) in [5, 5.41) is 0.402. The van der Waals surface area contributed by atoms with Gasteiger partial charge in [0.15, 0.2) is 0 Å². The first-order chi connectivity index (χ1) is 7.08. The Morgan fingerprint density at radius 2 is 2.13 bits per heavy atom. The molecule has 1 aromatic carbocycles. The predicted octanol–water partition coefficient (Wildman–Crippen LogP) is 2.50. The van der Waals surface area contributed by atoms with Crippen LogP contribution in [-0.2, 0) is 0 Å². The van der Waals surface area contributed by atoms with Gasteiger partial charge in [-0.2, -0.15) is 0 Å². The fourth-order valence-corrected chi connectivity index (χ4v) is 1.54. The largest absolute Gasteiger partial charge is 0.383 e. The molecule has 1 aromatic heterocycles. The van der Waals surface area contributed by atoms with Crippen LogP contribution in [0, 0.1) is 6.92 Å². The van der Waals surface area contributed by atoms with Crippen molar-refractivity contribution in [2.75, 3.05) is 5.73 Å². The van der Waals surface area contributed by atoms with E-state index in [4.69, 9.17) is 17.3 Å². The Labute approximate surface area is 91.9 Å². The third-order valence-electron chi connectivity index (χ3n) is 2.27. The second-order valence-corrected chi connectivity index (χ2v) is 3.71. The topological polar surface area (TPSA) is 56.0 Å². The number of hydrogen-bond acceptors (Lipinski definition) is 3. The maximum absolute atomic E-state index is 11.0. The second kappa shape index (κ2) is 3.51. The Morgan fingerprint density at radius 3 is 2.80 bits per heavy atom. The Hall–Kier alpha value is -1.61. The molecule has 4 heteroatoms. The van der Waals surface area contributed by atoms with Crippen molar-refractivity contribution >= 4 is 33.6 Å². The highest BCUT2D eigenvalue weighted by Gasteiger charge is 2.05. The van der Waals surface area contributed by atoms with Crippen LogP contribution in [0.2, 0.25) is 0 Å². The lowest BCUT2D eigenvalue weighted by Gasteiger charge is -2.03. The fourth-order valence-electron chi connectivity index (χ4n) is 1.42. The molecule has 1 heterocycles. The van der Waals surface area contributed by atoms with Crippen molar-refractivity contribution < 1.29 is 4.79 Å². The van der Waals surface area contributed by atoms with Gasteiger partial charge in [-0.15, -0.1) is 0 Å². The second-order valence-electron chi connectivity index (χ2n) is 3.37. The van der Waals surface area contributed by atoms with Crippen LogP contribution in [-0.4, -0.2) is 10.2 Å². The van der Waals surface area contributed by atoms with Crippen LogP contribution < -0.4 is 5.73 Å². The molecule has 0 saturated heterocycles. The van der Waals surface area contributed by atoms with E-state index in [-0.39, 0.29) is 0 Å². The van der Waals surface area contributed by atoms with Crippen LogP contribution in [0.25, 0.3) is 10.9 Å². The molecule has 3 nitrogen and oxygen atoms in total. The van der Waals surface area contributed by atoms with Gasteiger partial charge in [-0.3, -0.25) is 4.79 Å². The van der Waals surface area contributed by atoms with Crippen LogP contribution in [0.1, 0.15) is 15.9 Å². The molecule has 0 bridgehead atoms. The molecule has 15 heavy (non-hydrogen) atoms. The van der Waals surface area contributed by atoms with Gasteiger partial charge in [0.25, 0.3) is 5.24 Å². The van der Waals surface area contributed by atoms with Crippen molar-refractivity contribution in [2.24, 2.45) is 0 Å². The molecule has 2 aromatic rings. The summed E-state index contributed by atoms with van der Waals surface area (Å²) in [6, 6.07) is 6.98. The van der Waals surface area contributed by atoms with Gasteiger partial charge in [-0.1, -0.05) is 0 Å². The molecule has 0 atom stereocenters. The molecular formula is C11H9ClN2O. The minimum atomic E-state index is -0.466. The molecule has 0 aliphatic heterocycles. The van der Waals surface area contributed by atoms with Gasteiger partial charge in [-0.05, 0) is 48.4 Å². The van der Waals surface area contributed by atoms with E-state index >= 15 is 0 Å². The molecular weight excluding hydrogens is 212 g/mol. The maximum atomic E-state index is 11.0. The van der Waals surface area contributed by atoms with Crippen molar-refractivity contribution in [2.45, 2.75) is 6.92 Å². The van der Waals surface area contributed by atoms with Crippen molar-refractivity contribution in [3.05, 3.63) is 35.4 Å². The molecule has 0 aliphatic carbocycles. The molecule has 0 aliphatic rings. The van der Waals surface area contributed by atoms with Crippen LogP contribution in [0.3, 0.4) is 0 Å². The van der Waals surface area contributed by atoms with E-state index in [2.05, 4.69) is 4.98 Å². The Bertz CT molecular complexity index is 552. The Morgan fingerprint density at radius 1 is 1.40 bits per heavy atom. The monoisotopic (exact) mass is 220 g/mol. The van der Waals surface area contributed by atoms with E-state index < -0.39 is 5.24 Å². The van der Waals surface area contributed by atoms with Gasteiger partial charge in [0.05, 0.1) is 5.52 Å². The van der Waals surface area contributed by atoms with Gasteiger partial charge in [0.2, 0.25) is 0 Å². The summed E-state index contributed by atoms with van der Waals surface area (Å²) >= 11 is 5.39. The van der Waals surface area contributed by atoms with Crippen molar-refractivity contribution in [1.29, 1.82) is 0 Å².